The quantitative estimate of drug-likeness (QED) is 0.689. The van der Waals surface area contributed by atoms with Crippen molar-refractivity contribution in [2.24, 2.45) is 0 Å². The minimum Gasteiger partial charge on any atom is -0.355 e. The van der Waals surface area contributed by atoms with Gasteiger partial charge in [-0.25, -0.2) is 4.98 Å². The number of aldehydes is 1. The molecule has 1 aromatic heterocycles. The van der Waals surface area contributed by atoms with Crippen molar-refractivity contribution >= 4 is 23.9 Å². The Morgan fingerprint density at radius 1 is 1.36 bits per heavy atom. The van der Waals surface area contributed by atoms with E-state index in [1.807, 2.05) is 23.9 Å². The summed E-state index contributed by atoms with van der Waals surface area (Å²) in [5.41, 5.74) is 0.639. The predicted octanol–water partition coefficient (Wildman–Crippen LogP) is 1.45. The second-order valence-corrected chi connectivity index (χ2v) is 4.39. The Labute approximate surface area is 87.5 Å². The third kappa shape index (κ3) is 2.07. The van der Waals surface area contributed by atoms with Crippen LogP contribution in [0.1, 0.15) is 10.4 Å². The monoisotopic (exact) mass is 208 g/mol. The topological polar surface area (TPSA) is 33.2 Å². The molecule has 14 heavy (non-hydrogen) atoms. The van der Waals surface area contributed by atoms with Crippen LogP contribution in [0, 0.1) is 0 Å². The van der Waals surface area contributed by atoms with Gasteiger partial charge in [0.1, 0.15) is 5.82 Å². The van der Waals surface area contributed by atoms with Crippen LogP contribution in [-0.4, -0.2) is 35.9 Å². The van der Waals surface area contributed by atoms with Gasteiger partial charge >= 0.3 is 0 Å². The summed E-state index contributed by atoms with van der Waals surface area (Å²) in [6.45, 7) is 2.11. The predicted molar refractivity (Wildman–Crippen MR) is 59.2 cm³/mol. The Bertz CT molecular complexity index is 306. The summed E-state index contributed by atoms with van der Waals surface area (Å²) in [5.74, 6) is 3.31. The Hall–Kier alpha value is -1.03. The van der Waals surface area contributed by atoms with E-state index in [0.29, 0.717) is 5.56 Å². The van der Waals surface area contributed by atoms with Gasteiger partial charge in [-0.1, -0.05) is 0 Å². The van der Waals surface area contributed by atoms with E-state index in [4.69, 9.17) is 0 Å². The first-order chi connectivity index (χ1) is 6.90. The first kappa shape index (κ1) is 9.52. The highest BCUT2D eigenvalue weighted by atomic mass is 32.2. The average Bonchev–Trinajstić information content (AvgIpc) is 2.30. The van der Waals surface area contributed by atoms with E-state index < -0.39 is 0 Å². The van der Waals surface area contributed by atoms with Gasteiger partial charge in [0.05, 0.1) is 0 Å². The van der Waals surface area contributed by atoms with E-state index in [9.17, 15) is 4.79 Å². The van der Waals surface area contributed by atoms with Gasteiger partial charge in [0.2, 0.25) is 0 Å². The van der Waals surface area contributed by atoms with Crippen molar-refractivity contribution in [3.63, 3.8) is 0 Å². The third-order valence-corrected chi connectivity index (χ3v) is 3.18. The van der Waals surface area contributed by atoms with Crippen LogP contribution in [-0.2, 0) is 0 Å². The van der Waals surface area contributed by atoms with Crippen LogP contribution in [0.3, 0.4) is 0 Å². The second-order valence-electron chi connectivity index (χ2n) is 3.17. The van der Waals surface area contributed by atoms with E-state index >= 15 is 0 Å². The lowest BCUT2D eigenvalue weighted by Crippen LogP contribution is -2.32. The average molecular weight is 208 g/mol. The molecule has 3 nitrogen and oxygen atoms in total. The van der Waals surface area contributed by atoms with Gasteiger partial charge in [-0.15, -0.1) is 0 Å². The maximum absolute atomic E-state index is 10.4. The summed E-state index contributed by atoms with van der Waals surface area (Å²) in [7, 11) is 0. The molecule has 0 bridgehead atoms. The van der Waals surface area contributed by atoms with Crippen molar-refractivity contribution in [3.05, 3.63) is 23.9 Å². The zero-order chi connectivity index (χ0) is 9.80. The Balaban J connectivity index is 2.11. The number of thioether (sulfide) groups is 1. The van der Waals surface area contributed by atoms with Crippen LogP contribution in [0.4, 0.5) is 5.82 Å². The van der Waals surface area contributed by atoms with Crippen molar-refractivity contribution < 1.29 is 4.79 Å². The fraction of sp³-hybridized carbons (Fsp3) is 0.400. The van der Waals surface area contributed by atoms with Gasteiger partial charge in [-0.05, 0) is 12.1 Å². The molecular weight excluding hydrogens is 196 g/mol. The molecule has 0 atom stereocenters. The minimum atomic E-state index is 0.639. The molecule has 74 valence electrons. The number of aromatic nitrogens is 1. The van der Waals surface area contributed by atoms with Crippen LogP contribution >= 0.6 is 11.8 Å². The van der Waals surface area contributed by atoms with Gasteiger partial charge in [-0.2, -0.15) is 11.8 Å². The molecule has 2 heterocycles. The molecule has 1 saturated heterocycles. The molecule has 0 aromatic carbocycles. The summed E-state index contributed by atoms with van der Waals surface area (Å²) < 4.78 is 0. The number of carbonyl (C=O) groups excluding carboxylic acids is 1. The van der Waals surface area contributed by atoms with Crippen molar-refractivity contribution in [3.8, 4) is 0 Å². The largest absolute Gasteiger partial charge is 0.355 e. The minimum absolute atomic E-state index is 0.639. The van der Waals surface area contributed by atoms with Gasteiger partial charge in [0.15, 0.2) is 6.29 Å². The van der Waals surface area contributed by atoms with E-state index in [1.54, 1.807) is 6.20 Å². The SMILES string of the molecule is O=Cc1ccc(N2CCSCC2)nc1. The zero-order valence-electron chi connectivity index (χ0n) is 7.85. The van der Waals surface area contributed by atoms with E-state index in [2.05, 4.69) is 9.88 Å². The number of hydrogen-bond donors (Lipinski definition) is 0. The van der Waals surface area contributed by atoms with Crippen LogP contribution in [0.2, 0.25) is 0 Å². The first-order valence-corrected chi connectivity index (χ1v) is 5.79. The molecule has 0 N–H and O–H groups in total. The molecule has 1 aliphatic heterocycles. The molecule has 0 spiro atoms. The lowest BCUT2D eigenvalue weighted by Gasteiger charge is -2.27. The number of pyridine rings is 1. The molecule has 0 radical (unpaired) electrons. The van der Waals surface area contributed by atoms with Gasteiger partial charge < -0.3 is 4.90 Å². The van der Waals surface area contributed by atoms with Gasteiger partial charge in [0, 0.05) is 36.4 Å². The summed E-state index contributed by atoms with van der Waals surface area (Å²) >= 11 is 1.98. The summed E-state index contributed by atoms with van der Waals surface area (Å²) in [5, 5.41) is 0. The molecule has 0 saturated carbocycles. The Morgan fingerprint density at radius 3 is 2.71 bits per heavy atom. The Kier molecular flexibility index (Phi) is 3.03. The van der Waals surface area contributed by atoms with Gasteiger partial charge in [-0.3, -0.25) is 4.79 Å². The van der Waals surface area contributed by atoms with E-state index in [0.717, 1.165) is 36.7 Å². The number of anilines is 1. The normalized spacial score (nSPS) is 16.7. The lowest BCUT2D eigenvalue weighted by molar-refractivity contribution is 0.112. The van der Waals surface area contributed by atoms with Crippen LogP contribution in [0.15, 0.2) is 18.3 Å². The number of rotatable bonds is 2. The maximum Gasteiger partial charge on any atom is 0.151 e. The molecule has 1 aromatic rings. The summed E-state index contributed by atoms with van der Waals surface area (Å²) in [6, 6.07) is 3.73. The molecule has 1 aliphatic rings. The number of nitrogens with zero attached hydrogens (tertiary/aromatic N) is 2. The zero-order valence-corrected chi connectivity index (χ0v) is 8.67. The second kappa shape index (κ2) is 4.46. The van der Waals surface area contributed by atoms with Gasteiger partial charge in [0.25, 0.3) is 0 Å². The fourth-order valence-corrected chi connectivity index (χ4v) is 2.35. The standard InChI is InChI=1S/C10H12N2OS/c13-8-9-1-2-10(11-7-9)12-3-5-14-6-4-12/h1-2,7-8H,3-6H2. The van der Waals surface area contributed by atoms with E-state index in [-0.39, 0.29) is 0 Å². The van der Waals surface area contributed by atoms with Crippen molar-refractivity contribution in [1.82, 2.24) is 4.98 Å². The molecule has 0 amide bonds. The molecule has 1 fully saturated rings. The molecule has 4 heteroatoms. The highest BCUT2D eigenvalue weighted by molar-refractivity contribution is 7.99. The van der Waals surface area contributed by atoms with Crippen molar-refractivity contribution in [2.75, 3.05) is 29.5 Å². The summed E-state index contributed by atoms with van der Waals surface area (Å²) in [4.78, 5) is 17.0. The third-order valence-electron chi connectivity index (χ3n) is 2.24. The number of hydrogen-bond acceptors (Lipinski definition) is 4. The lowest BCUT2D eigenvalue weighted by atomic mass is 10.3. The molecular formula is C10H12N2OS. The highest BCUT2D eigenvalue weighted by Gasteiger charge is 2.11. The fourth-order valence-electron chi connectivity index (χ4n) is 1.45. The Morgan fingerprint density at radius 2 is 2.14 bits per heavy atom. The highest BCUT2D eigenvalue weighted by Crippen LogP contribution is 2.16. The van der Waals surface area contributed by atoms with Crippen LogP contribution in [0.25, 0.3) is 0 Å². The van der Waals surface area contributed by atoms with Crippen LogP contribution in [0.5, 0.6) is 0 Å². The van der Waals surface area contributed by atoms with Crippen molar-refractivity contribution in [1.29, 1.82) is 0 Å². The first-order valence-electron chi connectivity index (χ1n) is 4.64. The smallest absolute Gasteiger partial charge is 0.151 e. The number of carbonyl (C=O) groups is 1. The summed E-state index contributed by atoms with van der Waals surface area (Å²) in [6.07, 6.45) is 2.45. The molecule has 0 aliphatic carbocycles. The molecule has 2 rings (SSSR count). The van der Waals surface area contributed by atoms with Crippen LogP contribution < -0.4 is 4.90 Å². The maximum atomic E-state index is 10.4. The van der Waals surface area contributed by atoms with Crippen molar-refractivity contribution in [2.45, 2.75) is 0 Å². The molecule has 0 unspecified atom stereocenters. The van der Waals surface area contributed by atoms with E-state index in [1.165, 1.54) is 0 Å².